The maximum Gasteiger partial charge on any atom is 0.490 e. The molecule has 3 aliphatic rings. The van der Waals surface area contributed by atoms with Crippen LogP contribution in [0.3, 0.4) is 0 Å². The van der Waals surface area contributed by atoms with Gasteiger partial charge in [0.2, 0.25) is 0 Å². The molecule has 3 saturated heterocycles. The van der Waals surface area contributed by atoms with Crippen molar-refractivity contribution < 1.29 is 46.1 Å². The van der Waals surface area contributed by atoms with Gasteiger partial charge in [0.1, 0.15) is 0 Å². The van der Waals surface area contributed by atoms with E-state index < -0.39 is 24.3 Å². The molecule has 0 radical (unpaired) electrons. The number of piperidine rings is 1. The van der Waals surface area contributed by atoms with Gasteiger partial charge >= 0.3 is 24.3 Å². The molecule has 9 nitrogen and oxygen atoms in total. The van der Waals surface area contributed by atoms with E-state index in [9.17, 15) is 26.3 Å². The zero-order valence-electron chi connectivity index (χ0n) is 20.0. The van der Waals surface area contributed by atoms with Crippen LogP contribution in [-0.4, -0.2) is 103 Å². The summed E-state index contributed by atoms with van der Waals surface area (Å²) in [5, 5.41) is 23.1. The Morgan fingerprint density at radius 2 is 1.35 bits per heavy atom. The molecule has 0 bridgehead atoms. The quantitative estimate of drug-likeness (QED) is 0.530. The zero-order chi connectivity index (χ0) is 27.6. The lowest BCUT2D eigenvalue weighted by Crippen LogP contribution is -2.43. The second kappa shape index (κ2) is 14.2. The molecule has 0 saturated carbocycles. The summed E-state index contributed by atoms with van der Waals surface area (Å²) in [6, 6.07) is 1.41. The number of thioether (sulfide) groups is 1. The Kier molecular flexibility index (Phi) is 11.9. The molecule has 0 aliphatic carbocycles. The van der Waals surface area contributed by atoms with Crippen molar-refractivity contribution in [3.05, 3.63) is 11.9 Å². The number of hydrogen-bond donors (Lipinski definition) is 2. The summed E-state index contributed by atoms with van der Waals surface area (Å²) in [5.74, 6) is -2.80. The predicted molar refractivity (Wildman–Crippen MR) is 122 cm³/mol. The molecular formula is C21H31F6N5O4S. The average Bonchev–Trinajstić information content (AvgIpc) is 3.52. The van der Waals surface area contributed by atoms with E-state index in [2.05, 4.69) is 42.8 Å². The molecule has 212 valence electrons. The first-order valence-corrected chi connectivity index (χ1v) is 13.0. The van der Waals surface area contributed by atoms with Crippen LogP contribution >= 0.6 is 11.8 Å². The molecule has 1 aromatic rings. The van der Waals surface area contributed by atoms with Gasteiger partial charge < -0.3 is 15.1 Å². The summed E-state index contributed by atoms with van der Waals surface area (Å²) >= 11 is 2.12. The van der Waals surface area contributed by atoms with E-state index in [1.807, 2.05) is 0 Å². The summed E-state index contributed by atoms with van der Waals surface area (Å²) in [7, 11) is 0. The minimum absolute atomic E-state index is 0.559. The first kappa shape index (κ1) is 31.1. The predicted octanol–water partition coefficient (Wildman–Crippen LogP) is 3.67. The van der Waals surface area contributed by atoms with Crippen molar-refractivity contribution in [1.29, 1.82) is 0 Å². The molecule has 4 rings (SSSR count). The number of nitrogens with zero attached hydrogens (tertiary/aromatic N) is 5. The first-order valence-electron chi connectivity index (χ1n) is 11.8. The highest BCUT2D eigenvalue weighted by Crippen LogP contribution is 2.28. The van der Waals surface area contributed by atoms with Gasteiger partial charge in [-0.3, -0.25) is 4.90 Å². The highest BCUT2D eigenvalue weighted by molar-refractivity contribution is 7.99. The monoisotopic (exact) mass is 563 g/mol. The van der Waals surface area contributed by atoms with E-state index >= 15 is 0 Å². The molecule has 0 amide bonds. The number of alkyl halides is 6. The van der Waals surface area contributed by atoms with Crippen molar-refractivity contribution in [2.75, 3.05) is 37.7 Å². The molecule has 0 unspecified atom stereocenters. The minimum atomic E-state index is -5.08. The van der Waals surface area contributed by atoms with Crippen LogP contribution in [0, 0.1) is 0 Å². The van der Waals surface area contributed by atoms with Crippen LogP contribution in [0.5, 0.6) is 0 Å². The molecule has 0 spiro atoms. The second-order valence-electron chi connectivity index (χ2n) is 8.89. The summed E-state index contributed by atoms with van der Waals surface area (Å²) < 4.78 is 65.6. The number of hydrogen-bond acceptors (Lipinski definition) is 7. The molecule has 16 heteroatoms. The number of carboxylic acid groups (broad SMARTS) is 2. The Morgan fingerprint density at radius 3 is 1.81 bits per heavy atom. The van der Waals surface area contributed by atoms with Gasteiger partial charge in [-0.05, 0) is 63.1 Å². The lowest BCUT2D eigenvalue weighted by molar-refractivity contribution is -0.193. The van der Waals surface area contributed by atoms with Crippen molar-refractivity contribution in [1.82, 2.24) is 24.8 Å². The summed E-state index contributed by atoms with van der Waals surface area (Å²) in [6.07, 6.45) is -0.0436. The summed E-state index contributed by atoms with van der Waals surface area (Å²) in [5.41, 5.74) is 1.15. The Balaban J connectivity index is 0.000000286. The second-order valence-corrected chi connectivity index (χ2v) is 10.1. The van der Waals surface area contributed by atoms with Gasteiger partial charge in [0.15, 0.2) is 0 Å². The van der Waals surface area contributed by atoms with Gasteiger partial charge in [0.25, 0.3) is 0 Å². The van der Waals surface area contributed by atoms with Gasteiger partial charge in [-0.15, -0.1) is 5.10 Å². The summed E-state index contributed by atoms with van der Waals surface area (Å²) in [6.45, 7) is 5.91. The van der Waals surface area contributed by atoms with Crippen LogP contribution in [0.15, 0.2) is 6.20 Å². The Labute approximate surface area is 214 Å². The van der Waals surface area contributed by atoms with E-state index in [0.29, 0.717) is 6.04 Å². The molecule has 0 atom stereocenters. The van der Waals surface area contributed by atoms with E-state index in [1.165, 1.54) is 76.2 Å². The summed E-state index contributed by atoms with van der Waals surface area (Å²) in [4.78, 5) is 23.0. The van der Waals surface area contributed by atoms with E-state index in [0.717, 1.165) is 18.3 Å². The Bertz CT molecular complexity index is 825. The number of aliphatic carboxylic acids is 2. The van der Waals surface area contributed by atoms with Crippen LogP contribution in [0.4, 0.5) is 26.3 Å². The largest absolute Gasteiger partial charge is 0.490 e. The van der Waals surface area contributed by atoms with E-state index in [1.54, 1.807) is 0 Å². The maximum absolute atomic E-state index is 10.6. The van der Waals surface area contributed by atoms with Crippen LogP contribution in [0.25, 0.3) is 0 Å². The third kappa shape index (κ3) is 11.1. The number of carboxylic acids is 2. The van der Waals surface area contributed by atoms with Gasteiger partial charge in [-0.2, -0.15) is 38.1 Å². The number of likely N-dealkylation sites (tertiary alicyclic amines) is 2. The van der Waals surface area contributed by atoms with Crippen molar-refractivity contribution in [3.63, 3.8) is 0 Å². The molecule has 4 heterocycles. The maximum atomic E-state index is 10.6. The number of aromatic nitrogens is 3. The topological polar surface area (TPSA) is 112 Å². The SMILES string of the molecule is O=C(O)C(F)(F)F.O=C(O)C(F)(F)F.c1c(CN2CCCC2)nnn1C1CCN(C2CCSCC2)CC1. The fourth-order valence-corrected chi connectivity index (χ4v) is 5.38. The number of rotatable bonds is 4. The molecule has 2 N–H and O–H groups in total. The normalized spacial score (nSPS) is 20.5. The van der Waals surface area contributed by atoms with Crippen LogP contribution in [0.2, 0.25) is 0 Å². The van der Waals surface area contributed by atoms with Crippen molar-refractivity contribution in [3.8, 4) is 0 Å². The zero-order valence-corrected chi connectivity index (χ0v) is 20.9. The van der Waals surface area contributed by atoms with E-state index in [4.69, 9.17) is 19.8 Å². The fraction of sp³-hybridized carbons (Fsp3) is 0.810. The molecule has 37 heavy (non-hydrogen) atoms. The molecule has 3 fully saturated rings. The third-order valence-corrected chi connectivity index (χ3v) is 7.26. The van der Waals surface area contributed by atoms with Gasteiger partial charge in [-0.25, -0.2) is 14.3 Å². The molecule has 3 aliphatic heterocycles. The number of carbonyl (C=O) groups is 2. The highest BCUT2D eigenvalue weighted by atomic mass is 32.2. The lowest BCUT2D eigenvalue weighted by Gasteiger charge is -2.39. The van der Waals surface area contributed by atoms with Gasteiger partial charge in [0.05, 0.1) is 17.9 Å². The minimum Gasteiger partial charge on any atom is -0.475 e. The third-order valence-electron chi connectivity index (χ3n) is 6.21. The first-order chi connectivity index (χ1) is 17.3. The Morgan fingerprint density at radius 1 is 0.865 bits per heavy atom. The van der Waals surface area contributed by atoms with Crippen LogP contribution < -0.4 is 0 Å². The highest BCUT2D eigenvalue weighted by Gasteiger charge is 2.39. The van der Waals surface area contributed by atoms with Crippen molar-refractivity contribution in [2.24, 2.45) is 0 Å². The van der Waals surface area contributed by atoms with Crippen molar-refractivity contribution in [2.45, 2.75) is 69.5 Å². The van der Waals surface area contributed by atoms with Crippen molar-refractivity contribution >= 4 is 23.7 Å². The lowest BCUT2D eigenvalue weighted by atomic mass is 10.0. The average molecular weight is 564 g/mol. The van der Waals surface area contributed by atoms with Crippen LogP contribution in [0.1, 0.15) is 50.3 Å². The molecule has 1 aromatic heterocycles. The van der Waals surface area contributed by atoms with Gasteiger partial charge in [0, 0.05) is 25.7 Å². The Hall–Kier alpha value is -2.07. The standard InChI is InChI=1S/C17H29N5S.2C2HF3O2/c1-2-8-20(7-1)13-15-14-22(19-18-15)17-3-9-21(10-4-17)16-5-11-23-12-6-16;2*3-2(4,5)1(6)7/h14,16-17H,1-13H2;2*(H,6,7). The molecular weight excluding hydrogens is 532 g/mol. The smallest absolute Gasteiger partial charge is 0.475 e. The van der Waals surface area contributed by atoms with Gasteiger partial charge in [-0.1, -0.05) is 5.21 Å². The fourth-order valence-electron chi connectivity index (χ4n) is 4.30. The van der Waals surface area contributed by atoms with Crippen LogP contribution in [-0.2, 0) is 16.1 Å². The van der Waals surface area contributed by atoms with E-state index in [-0.39, 0.29) is 0 Å². The molecule has 0 aromatic carbocycles. The number of halogens is 6.